The fourth-order valence-corrected chi connectivity index (χ4v) is 3.50. The van der Waals surface area contributed by atoms with Gasteiger partial charge in [-0.2, -0.15) is 5.10 Å². The van der Waals surface area contributed by atoms with Crippen LogP contribution in [-0.2, 0) is 6.54 Å². The number of nitrogens with one attached hydrogen (secondary N) is 1. The number of nitrogens with zero attached hydrogens (tertiary/aromatic N) is 2. The van der Waals surface area contributed by atoms with Gasteiger partial charge in [0.05, 0.1) is 19.2 Å². The summed E-state index contributed by atoms with van der Waals surface area (Å²) in [5, 5.41) is 7.81. The van der Waals surface area contributed by atoms with Crippen molar-refractivity contribution in [3.05, 3.63) is 101 Å². The number of carbonyl (C=O) groups excluding carboxylic acids is 1. The van der Waals surface area contributed by atoms with Crippen LogP contribution in [0.2, 0.25) is 0 Å². The van der Waals surface area contributed by atoms with Crippen molar-refractivity contribution in [2.75, 3.05) is 12.4 Å². The molecular formula is C26H25N3O2. The van der Waals surface area contributed by atoms with Crippen LogP contribution >= 0.6 is 0 Å². The number of aryl methyl sites for hydroxylation is 1. The number of carbonyl (C=O) groups is 1. The van der Waals surface area contributed by atoms with Gasteiger partial charge in [-0.05, 0) is 48.7 Å². The van der Waals surface area contributed by atoms with Crippen LogP contribution in [0.1, 0.15) is 27.0 Å². The predicted molar refractivity (Wildman–Crippen MR) is 124 cm³/mol. The quantitative estimate of drug-likeness (QED) is 0.457. The molecule has 1 N–H and O–H groups in total. The molecule has 31 heavy (non-hydrogen) atoms. The van der Waals surface area contributed by atoms with Crippen molar-refractivity contribution in [1.29, 1.82) is 0 Å². The molecule has 0 radical (unpaired) electrons. The van der Waals surface area contributed by atoms with Gasteiger partial charge < -0.3 is 10.1 Å². The molecule has 0 unspecified atom stereocenters. The lowest BCUT2D eigenvalue weighted by atomic mass is 10.1. The van der Waals surface area contributed by atoms with Crippen LogP contribution in [0.4, 0.5) is 5.69 Å². The minimum Gasteiger partial charge on any atom is -0.497 e. The largest absolute Gasteiger partial charge is 0.497 e. The lowest BCUT2D eigenvalue weighted by Gasteiger charge is -2.10. The molecule has 0 aliphatic rings. The van der Waals surface area contributed by atoms with Gasteiger partial charge in [0.2, 0.25) is 0 Å². The van der Waals surface area contributed by atoms with Crippen LogP contribution in [0, 0.1) is 13.8 Å². The van der Waals surface area contributed by atoms with Crippen molar-refractivity contribution in [2.45, 2.75) is 20.4 Å². The molecule has 0 bridgehead atoms. The molecule has 1 aromatic heterocycles. The highest BCUT2D eigenvalue weighted by molar-refractivity contribution is 6.08. The SMILES string of the molecule is COc1cccc(-c2nn(Cc3ccccc3)cc2C(=O)Nc2cccc(C)c2C)c1. The second-order valence-corrected chi connectivity index (χ2v) is 7.51. The third-order valence-electron chi connectivity index (χ3n) is 5.39. The van der Waals surface area contributed by atoms with Gasteiger partial charge in [-0.15, -0.1) is 0 Å². The summed E-state index contributed by atoms with van der Waals surface area (Å²) < 4.78 is 7.18. The minimum absolute atomic E-state index is 0.189. The van der Waals surface area contributed by atoms with Crippen molar-refractivity contribution in [3.63, 3.8) is 0 Å². The van der Waals surface area contributed by atoms with E-state index >= 15 is 0 Å². The average molecular weight is 412 g/mol. The number of anilines is 1. The first kappa shape index (κ1) is 20.4. The molecular weight excluding hydrogens is 386 g/mol. The zero-order chi connectivity index (χ0) is 21.8. The maximum absolute atomic E-state index is 13.3. The Bertz CT molecular complexity index is 1210. The average Bonchev–Trinajstić information content (AvgIpc) is 3.21. The first-order valence-electron chi connectivity index (χ1n) is 10.2. The van der Waals surface area contributed by atoms with E-state index in [-0.39, 0.29) is 5.91 Å². The Kier molecular flexibility index (Phi) is 5.85. The van der Waals surface area contributed by atoms with Crippen LogP contribution in [0.3, 0.4) is 0 Å². The normalized spacial score (nSPS) is 10.7. The predicted octanol–water partition coefficient (Wildman–Crippen LogP) is 5.48. The Morgan fingerprint density at radius 1 is 1.00 bits per heavy atom. The van der Waals surface area contributed by atoms with Crippen LogP contribution in [0.15, 0.2) is 79.0 Å². The summed E-state index contributed by atoms with van der Waals surface area (Å²) in [5.41, 5.74) is 6.07. The van der Waals surface area contributed by atoms with E-state index in [0.29, 0.717) is 17.8 Å². The molecule has 5 heteroatoms. The summed E-state index contributed by atoms with van der Waals surface area (Å²) in [6.07, 6.45) is 1.81. The minimum atomic E-state index is -0.189. The molecule has 0 aliphatic heterocycles. The summed E-state index contributed by atoms with van der Waals surface area (Å²) in [6.45, 7) is 4.62. The fraction of sp³-hybridized carbons (Fsp3) is 0.154. The summed E-state index contributed by atoms with van der Waals surface area (Å²) in [6, 6.07) is 23.6. The second-order valence-electron chi connectivity index (χ2n) is 7.51. The van der Waals surface area contributed by atoms with Gasteiger partial charge in [-0.25, -0.2) is 0 Å². The monoisotopic (exact) mass is 411 g/mol. The number of methoxy groups -OCH3 is 1. The molecule has 1 amide bonds. The molecule has 0 fully saturated rings. The molecule has 0 atom stereocenters. The van der Waals surface area contributed by atoms with E-state index < -0.39 is 0 Å². The highest BCUT2D eigenvalue weighted by Gasteiger charge is 2.19. The topological polar surface area (TPSA) is 56.2 Å². The van der Waals surface area contributed by atoms with Crippen LogP contribution in [-0.4, -0.2) is 22.8 Å². The molecule has 1 heterocycles. The first-order chi connectivity index (χ1) is 15.0. The zero-order valence-electron chi connectivity index (χ0n) is 17.9. The van der Waals surface area contributed by atoms with Gasteiger partial charge in [-0.3, -0.25) is 9.48 Å². The zero-order valence-corrected chi connectivity index (χ0v) is 17.9. The fourth-order valence-electron chi connectivity index (χ4n) is 3.50. The van der Waals surface area contributed by atoms with E-state index in [1.54, 1.807) is 7.11 Å². The second kappa shape index (κ2) is 8.88. The van der Waals surface area contributed by atoms with E-state index in [2.05, 4.69) is 5.32 Å². The van der Waals surface area contributed by atoms with E-state index in [0.717, 1.165) is 33.7 Å². The summed E-state index contributed by atoms with van der Waals surface area (Å²) >= 11 is 0. The molecule has 4 aromatic rings. The van der Waals surface area contributed by atoms with E-state index in [9.17, 15) is 4.79 Å². The molecule has 156 valence electrons. The number of aromatic nitrogens is 2. The van der Waals surface area contributed by atoms with E-state index in [1.807, 2.05) is 97.5 Å². The smallest absolute Gasteiger partial charge is 0.259 e. The number of amides is 1. The Balaban J connectivity index is 1.73. The number of rotatable bonds is 6. The van der Waals surface area contributed by atoms with Crippen LogP contribution in [0.5, 0.6) is 5.75 Å². The molecule has 0 saturated carbocycles. The van der Waals surface area contributed by atoms with Gasteiger partial charge in [0, 0.05) is 17.4 Å². The molecule has 5 nitrogen and oxygen atoms in total. The molecule has 0 saturated heterocycles. The molecule has 0 aliphatic carbocycles. The molecule has 3 aromatic carbocycles. The van der Waals surface area contributed by atoms with Gasteiger partial charge in [0.15, 0.2) is 0 Å². The van der Waals surface area contributed by atoms with E-state index in [1.165, 1.54) is 0 Å². The maximum Gasteiger partial charge on any atom is 0.259 e. The third-order valence-corrected chi connectivity index (χ3v) is 5.39. The lowest BCUT2D eigenvalue weighted by Crippen LogP contribution is -2.13. The highest BCUT2D eigenvalue weighted by atomic mass is 16.5. The summed E-state index contributed by atoms with van der Waals surface area (Å²) in [5.74, 6) is 0.529. The summed E-state index contributed by atoms with van der Waals surface area (Å²) in [4.78, 5) is 13.3. The van der Waals surface area contributed by atoms with Gasteiger partial charge in [0.1, 0.15) is 11.4 Å². The Morgan fingerprint density at radius 3 is 2.55 bits per heavy atom. The van der Waals surface area contributed by atoms with Gasteiger partial charge in [0.25, 0.3) is 5.91 Å². The van der Waals surface area contributed by atoms with Crippen molar-refractivity contribution in [2.24, 2.45) is 0 Å². The summed E-state index contributed by atoms with van der Waals surface area (Å²) in [7, 11) is 1.63. The lowest BCUT2D eigenvalue weighted by molar-refractivity contribution is 0.102. The van der Waals surface area contributed by atoms with Crippen LogP contribution in [0.25, 0.3) is 11.3 Å². The highest BCUT2D eigenvalue weighted by Crippen LogP contribution is 2.27. The number of hydrogen-bond donors (Lipinski definition) is 1. The van der Waals surface area contributed by atoms with Gasteiger partial charge >= 0.3 is 0 Å². The van der Waals surface area contributed by atoms with Crippen molar-refractivity contribution in [3.8, 4) is 17.0 Å². The van der Waals surface area contributed by atoms with Crippen LogP contribution < -0.4 is 10.1 Å². The third kappa shape index (κ3) is 4.51. The maximum atomic E-state index is 13.3. The Morgan fingerprint density at radius 2 is 1.77 bits per heavy atom. The van der Waals surface area contributed by atoms with Gasteiger partial charge in [-0.1, -0.05) is 54.6 Å². The van der Waals surface area contributed by atoms with Crippen molar-refractivity contribution in [1.82, 2.24) is 9.78 Å². The Hall–Kier alpha value is -3.86. The molecule has 0 spiro atoms. The number of hydrogen-bond acceptors (Lipinski definition) is 3. The van der Waals surface area contributed by atoms with E-state index in [4.69, 9.17) is 9.84 Å². The molecule has 4 rings (SSSR count). The van der Waals surface area contributed by atoms with Crippen molar-refractivity contribution < 1.29 is 9.53 Å². The number of ether oxygens (including phenoxy) is 1. The number of benzene rings is 3. The first-order valence-corrected chi connectivity index (χ1v) is 10.2. The standard InChI is InChI=1S/C26H25N3O2/c1-18-9-7-14-24(19(18)2)27-26(30)23-17-29(16-20-10-5-4-6-11-20)28-25(23)21-12-8-13-22(15-21)31-3/h4-15,17H,16H2,1-3H3,(H,27,30). The Labute approximate surface area is 182 Å². The van der Waals surface area contributed by atoms with Crippen molar-refractivity contribution >= 4 is 11.6 Å².